The molecule has 0 unspecified atom stereocenters. The van der Waals surface area contributed by atoms with Crippen molar-refractivity contribution in [3.8, 4) is 0 Å². The molecule has 0 spiro atoms. The van der Waals surface area contributed by atoms with E-state index in [1.807, 2.05) is 0 Å². The molecule has 0 aliphatic carbocycles. The van der Waals surface area contributed by atoms with Crippen LogP contribution in [-0.4, -0.2) is 34.8 Å². The second-order valence-electron chi connectivity index (χ2n) is 4.56. The number of carbonyl (C=O) groups excluding carboxylic acids is 1. The van der Waals surface area contributed by atoms with Gasteiger partial charge in [0.05, 0.1) is 5.56 Å². The van der Waals surface area contributed by atoms with Crippen LogP contribution in [0.15, 0.2) is 43.1 Å². The van der Waals surface area contributed by atoms with Gasteiger partial charge in [0.25, 0.3) is 0 Å². The van der Waals surface area contributed by atoms with E-state index in [4.69, 9.17) is 5.11 Å². The standard InChI is InChI=1S/C16H13F4NO3/c1-3-5-21(6-4-2)8-10(16(23)24)15(22)9-7-11(17)13(19)14(20)12(9)18/h3-4,7-8H,1-2,5-6H2,(H,23,24). The van der Waals surface area contributed by atoms with E-state index >= 15 is 0 Å². The Morgan fingerprint density at radius 3 is 2.04 bits per heavy atom. The van der Waals surface area contributed by atoms with Crippen LogP contribution in [0.3, 0.4) is 0 Å². The minimum absolute atomic E-state index is 0.109. The lowest BCUT2D eigenvalue weighted by atomic mass is 10.0. The number of hydrogen-bond donors (Lipinski definition) is 1. The van der Waals surface area contributed by atoms with Crippen LogP contribution in [0.25, 0.3) is 0 Å². The molecule has 0 aliphatic rings. The highest BCUT2D eigenvalue weighted by Crippen LogP contribution is 2.21. The number of benzene rings is 1. The van der Waals surface area contributed by atoms with Gasteiger partial charge >= 0.3 is 5.97 Å². The van der Waals surface area contributed by atoms with E-state index in [0.717, 1.165) is 6.20 Å². The molecule has 128 valence electrons. The first kappa shape index (κ1) is 19.1. The molecule has 8 heteroatoms. The lowest BCUT2D eigenvalue weighted by Crippen LogP contribution is -2.23. The van der Waals surface area contributed by atoms with Crippen LogP contribution >= 0.6 is 0 Å². The van der Waals surface area contributed by atoms with Gasteiger partial charge in [0.15, 0.2) is 23.3 Å². The van der Waals surface area contributed by atoms with E-state index in [2.05, 4.69) is 13.2 Å². The van der Waals surface area contributed by atoms with Crippen LogP contribution in [0.2, 0.25) is 0 Å². The number of halogens is 4. The molecule has 1 aromatic rings. The predicted molar refractivity (Wildman–Crippen MR) is 78.3 cm³/mol. The fourth-order valence-electron chi connectivity index (χ4n) is 1.79. The lowest BCUT2D eigenvalue weighted by Gasteiger charge is -2.17. The summed E-state index contributed by atoms with van der Waals surface area (Å²) in [6.45, 7) is 7.15. The van der Waals surface area contributed by atoms with Crippen LogP contribution < -0.4 is 0 Å². The fraction of sp³-hybridized carbons (Fsp3) is 0.125. The summed E-state index contributed by atoms with van der Waals surface area (Å²) in [4.78, 5) is 24.7. The first-order chi connectivity index (χ1) is 11.2. The summed E-state index contributed by atoms with van der Waals surface area (Å²) in [5.74, 6) is -11.3. The van der Waals surface area contributed by atoms with Gasteiger partial charge in [-0.05, 0) is 6.07 Å². The molecule has 0 saturated heterocycles. The number of Topliss-reactive ketones (excluding diaryl/α,β-unsaturated/α-hetero) is 1. The van der Waals surface area contributed by atoms with Crippen LogP contribution in [0, 0.1) is 23.3 Å². The summed E-state index contributed by atoms with van der Waals surface area (Å²) in [6, 6.07) is 0.109. The monoisotopic (exact) mass is 343 g/mol. The molecular formula is C16H13F4NO3. The van der Waals surface area contributed by atoms with Crippen molar-refractivity contribution < 1.29 is 32.3 Å². The number of aliphatic carboxylic acids is 1. The summed E-state index contributed by atoms with van der Waals surface area (Å²) < 4.78 is 53.1. The largest absolute Gasteiger partial charge is 0.477 e. The third kappa shape index (κ3) is 4.09. The summed E-state index contributed by atoms with van der Waals surface area (Å²) >= 11 is 0. The van der Waals surface area contributed by atoms with Crippen LogP contribution in [0.5, 0.6) is 0 Å². The van der Waals surface area contributed by atoms with Crippen molar-refractivity contribution in [1.29, 1.82) is 0 Å². The van der Waals surface area contributed by atoms with Crippen LogP contribution in [0.4, 0.5) is 17.6 Å². The highest BCUT2D eigenvalue weighted by Gasteiger charge is 2.28. The molecule has 0 heterocycles. The van der Waals surface area contributed by atoms with Crippen molar-refractivity contribution in [2.75, 3.05) is 13.1 Å². The highest BCUT2D eigenvalue weighted by atomic mass is 19.2. The maximum Gasteiger partial charge on any atom is 0.341 e. The molecular weight excluding hydrogens is 330 g/mol. The molecule has 0 amide bonds. The van der Waals surface area contributed by atoms with E-state index < -0.39 is 46.2 Å². The summed E-state index contributed by atoms with van der Waals surface area (Å²) in [7, 11) is 0. The Balaban J connectivity index is 3.42. The molecule has 24 heavy (non-hydrogen) atoms. The van der Waals surface area contributed by atoms with E-state index in [9.17, 15) is 27.2 Å². The zero-order chi connectivity index (χ0) is 18.4. The number of carbonyl (C=O) groups is 2. The molecule has 0 radical (unpaired) electrons. The third-order valence-corrected chi connectivity index (χ3v) is 2.86. The van der Waals surface area contributed by atoms with Crippen LogP contribution in [-0.2, 0) is 4.79 Å². The maximum atomic E-state index is 13.7. The number of nitrogens with zero attached hydrogens (tertiary/aromatic N) is 1. The molecule has 0 atom stereocenters. The highest BCUT2D eigenvalue weighted by molar-refractivity contribution is 6.23. The zero-order valence-electron chi connectivity index (χ0n) is 12.4. The second-order valence-corrected chi connectivity index (χ2v) is 4.56. The minimum atomic E-state index is -2.20. The van der Waals surface area contributed by atoms with Gasteiger partial charge in [0.2, 0.25) is 5.78 Å². The van der Waals surface area contributed by atoms with Gasteiger partial charge in [0.1, 0.15) is 5.57 Å². The van der Waals surface area contributed by atoms with Gasteiger partial charge in [-0.3, -0.25) is 4.79 Å². The van der Waals surface area contributed by atoms with Gasteiger partial charge in [-0.2, -0.15) is 0 Å². The van der Waals surface area contributed by atoms with Crippen LogP contribution in [0.1, 0.15) is 10.4 Å². The van der Waals surface area contributed by atoms with Crippen molar-refractivity contribution >= 4 is 11.8 Å². The van der Waals surface area contributed by atoms with Crippen molar-refractivity contribution in [3.63, 3.8) is 0 Å². The van der Waals surface area contributed by atoms with E-state index in [-0.39, 0.29) is 19.2 Å². The Hall–Kier alpha value is -2.90. The maximum absolute atomic E-state index is 13.7. The SMILES string of the molecule is C=CCN(C=C(C(=O)O)C(=O)c1cc(F)c(F)c(F)c1F)CC=C. The molecule has 1 aromatic carbocycles. The number of hydrogen-bond acceptors (Lipinski definition) is 3. The number of ketones is 1. The molecule has 0 bridgehead atoms. The Bertz CT molecular complexity index is 719. The smallest absolute Gasteiger partial charge is 0.341 e. The van der Waals surface area contributed by atoms with Gasteiger partial charge in [0, 0.05) is 19.3 Å². The molecule has 4 nitrogen and oxygen atoms in total. The molecule has 0 aromatic heterocycles. The van der Waals surface area contributed by atoms with Crippen molar-refractivity contribution in [3.05, 3.63) is 72.0 Å². The topological polar surface area (TPSA) is 57.6 Å². The molecule has 0 aliphatic heterocycles. The van der Waals surface area contributed by atoms with E-state index in [1.165, 1.54) is 17.1 Å². The Morgan fingerprint density at radius 1 is 1.04 bits per heavy atom. The van der Waals surface area contributed by atoms with E-state index in [0.29, 0.717) is 0 Å². The van der Waals surface area contributed by atoms with Gasteiger partial charge < -0.3 is 10.0 Å². The normalized spacial score (nSPS) is 11.1. The average Bonchev–Trinajstić information content (AvgIpc) is 2.53. The van der Waals surface area contributed by atoms with Crippen molar-refractivity contribution in [1.82, 2.24) is 4.90 Å². The number of carboxylic acids is 1. The lowest BCUT2D eigenvalue weighted by molar-refractivity contribution is -0.132. The summed E-state index contributed by atoms with van der Waals surface area (Å²) in [5, 5.41) is 9.12. The molecule has 1 rings (SSSR count). The van der Waals surface area contributed by atoms with Gasteiger partial charge in [-0.25, -0.2) is 22.4 Å². The predicted octanol–water partition coefficient (Wildman–Crippen LogP) is 3.07. The minimum Gasteiger partial charge on any atom is -0.477 e. The summed E-state index contributed by atoms with van der Waals surface area (Å²) in [5.41, 5.74) is -2.18. The van der Waals surface area contributed by atoms with Gasteiger partial charge in [-0.15, -0.1) is 13.2 Å². The summed E-state index contributed by atoms with van der Waals surface area (Å²) in [6.07, 6.45) is 3.68. The number of rotatable bonds is 8. The Labute approximate surface area is 135 Å². The molecule has 1 N–H and O–H groups in total. The zero-order valence-corrected chi connectivity index (χ0v) is 12.4. The quantitative estimate of drug-likeness (QED) is 0.115. The van der Waals surface area contributed by atoms with Crippen molar-refractivity contribution in [2.24, 2.45) is 0 Å². The van der Waals surface area contributed by atoms with Crippen molar-refractivity contribution in [2.45, 2.75) is 0 Å². The van der Waals surface area contributed by atoms with E-state index in [1.54, 1.807) is 0 Å². The van der Waals surface area contributed by atoms with Gasteiger partial charge in [-0.1, -0.05) is 12.2 Å². The number of carboxylic acid groups (broad SMARTS) is 1. The average molecular weight is 343 g/mol. The fourth-order valence-corrected chi connectivity index (χ4v) is 1.79. The molecule has 0 saturated carbocycles. The first-order valence-corrected chi connectivity index (χ1v) is 6.53. The first-order valence-electron chi connectivity index (χ1n) is 6.53. The third-order valence-electron chi connectivity index (χ3n) is 2.86. The second kappa shape index (κ2) is 8.09. The molecule has 0 fully saturated rings. The Kier molecular flexibility index (Phi) is 6.46. The Morgan fingerprint density at radius 2 is 1.58 bits per heavy atom.